The Kier molecular flexibility index (Phi) is 10.9. The van der Waals surface area contributed by atoms with E-state index in [0.29, 0.717) is 12.8 Å². The van der Waals surface area contributed by atoms with Gasteiger partial charge in [-0.1, -0.05) is 0 Å². The van der Waals surface area contributed by atoms with Gasteiger partial charge in [-0.3, -0.25) is 24.0 Å². The van der Waals surface area contributed by atoms with E-state index in [1.165, 1.54) is 13.8 Å². The van der Waals surface area contributed by atoms with Gasteiger partial charge in [-0.15, -0.1) is 0 Å². The van der Waals surface area contributed by atoms with Crippen LogP contribution in [0.3, 0.4) is 0 Å². The molecule has 5 atom stereocenters. The van der Waals surface area contributed by atoms with Crippen molar-refractivity contribution in [3.8, 4) is 0 Å². The number of carboxylic acid groups (broad SMARTS) is 1. The first-order chi connectivity index (χ1) is 14.5. The third-order valence-electron chi connectivity index (χ3n) is 4.14. The Labute approximate surface area is 179 Å². The van der Waals surface area contributed by atoms with Crippen LogP contribution in [0, 0.1) is 0 Å². The van der Waals surface area contributed by atoms with Crippen LogP contribution >= 0.6 is 0 Å². The zero-order valence-electron chi connectivity index (χ0n) is 18.0. The average Bonchev–Trinajstić information content (AvgIpc) is 2.62. The summed E-state index contributed by atoms with van der Waals surface area (Å²) in [5, 5.41) is 11.3. The lowest BCUT2D eigenvalue weighted by Gasteiger charge is -2.44. The highest BCUT2D eigenvalue weighted by atomic mass is 16.7. The fourth-order valence-electron chi connectivity index (χ4n) is 3.01. The van der Waals surface area contributed by atoms with E-state index < -0.39 is 60.4 Å². The van der Waals surface area contributed by atoms with Gasteiger partial charge in [0.15, 0.2) is 18.5 Å². The van der Waals surface area contributed by atoms with E-state index in [4.69, 9.17) is 28.8 Å². The number of ether oxygens (including phenoxy) is 5. The summed E-state index contributed by atoms with van der Waals surface area (Å²) in [7, 11) is 0. The summed E-state index contributed by atoms with van der Waals surface area (Å²) in [4.78, 5) is 57.0. The van der Waals surface area contributed by atoms with Crippen LogP contribution in [0.5, 0.6) is 0 Å². The van der Waals surface area contributed by atoms with E-state index in [2.05, 4.69) is 5.32 Å². The number of carboxylic acids is 1. The van der Waals surface area contributed by atoms with Crippen molar-refractivity contribution in [3.05, 3.63) is 0 Å². The van der Waals surface area contributed by atoms with Crippen molar-refractivity contribution in [1.82, 2.24) is 5.32 Å². The molecule has 31 heavy (non-hydrogen) atoms. The number of unbranched alkanes of at least 4 members (excludes halogenated alkanes) is 1. The Morgan fingerprint density at radius 1 is 0.903 bits per heavy atom. The second kappa shape index (κ2) is 12.8. The number of hydrogen-bond acceptors (Lipinski definition) is 10. The molecule has 1 heterocycles. The summed E-state index contributed by atoms with van der Waals surface area (Å²) < 4.78 is 27.1. The second-order valence-electron chi connectivity index (χ2n) is 6.94. The molecule has 1 rings (SSSR count). The lowest BCUT2D eigenvalue weighted by molar-refractivity contribution is -0.277. The number of carbonyl (C=O) groups is 5. The van der Waals surface area contributed by atoms with Gasteiger partial charge in [0.25, 0.3) is 0 Å². The molecule has 1 amide bonds. The number of nitrogens with one attached hydrogen (secondary N) is 1. The van der Waals surface area contributed by atoms with E-state index in [-0.39, 0.29) is 19.6 Å². The zero-order valence-corrected chi connectivity index (χ0v) is 18.0. The number of carbonyl (C=O) groups excluding carboxylic acids is 4. The van der Waals surface area contributed by atoms with E-state index >= 15 is 0 Å². The lowest BCUT2D eigenvalue weighted by Crippen LogP contribution is -2.66. The maximum atomic E-state index is 11.8. The maximum Gasteiger partial charge on any atom is 0.303 e. The van der Waals surface area contributed by atoms with Crippen molar-refractivity contribution >= 4 is 29.8 Å². The highest BCUT2D eigenvalue weighted by Crippen LogP contribution is 2.28. The van der Waals surface area contributed by atoms with Gasteiger partial charge in [0, 0.05) is 40.7 Å². The Morgan fingerprint density at radius 3 is 2.03 bits per heavy atom. The standard InChI is InChI=1S/C19H29NO11/c1-10(21)20-16-18(30-13(4)24)17(29-12(3)23)14(9-28-11(2)22)31-19(16)27-8-6-5-7-15(25)26/h14,16-19H,5-9H2,1-4H3,(H,20,21)(H,25,26)/t14-,16?,17?,18?,19?/m1/s1. The molecule has 0 radical (unpaired) electrons. The minimum Gasteiger partial charge on any atom is -0.481 e. The first kappa shape index (κ1) is 26.3. The number of aliphatic carboxylic acids is 1. The molecule has 1 fully saturated rings. The zero-order chi connectivity index (χ0) is 23.6. The van der Waals surface area contributed by atoms with Gasteiger partial charge in [0.05, 0.1) is 0 Å². The maximum absolute atomic E-state index is 11.8. The van der Waals surface area contributed by atoms with Crippen molar-refractivity contribution in [2.45, 2.75) is 77.6 Å². The summed E-state index contributed by atoms with van der Waals surface area (Å²) in [6, 6.07) is -1.04. The van der Waals surface area contributed by atoms with Crippen molar-refractivity contribution in [2.24, 2.45) is 0 Å². The normalized spacial score (nSPS) is 25.2. The number of rotatable bonds is 11. The fourth-order valence-corrected chi connectivity index (χ4v) is 3.01. The molecule has 176 valence electrons. The minimum atomic E-state index is -1.19. The Morgan fingerprint density at radius 2 is 1.52 bits per heavy atom. The van der Waals surface area contributed by atoms with Crippen LogP contribution in [0.25, 0.3) is 0 Å². The Balaban J connectivity index is 3.11. The molecule has 12 heteroatoms. The van der Waals surface area contributed by atoms with Crippen LogP contribution in [0.4, 0.5) is 0 Å². The monoisotopic (exact) mass is 447 g/mol. The molecule has 1 saturated heterocycles. The molecule has 4 unspecified atom stereocenters. The Bertz CT molecular complexity index is 665. The van der Waals surface area contributed by atoms with E-state index in [1.807, 2.05) is 0 Å². The van der Waals surface area contributed by atoms with Crippen molar-refractivity contribution in [1.29, 1.82) is 0 Å². The van der Waals surface area contributed by atoms with Crippen LogP contribution < -0.4 is 5.32 Å². The highest BCUT2D eigenvalue weighted by Gasteiger charge is 2.51. The summed E-state index contributed by atoms with van der Waals surface area (Å²) in [5.74, 6) is -3.43. The van der Waals surface area contributed by atoms with Gasteiger partial charge in [-0.2, -0.15) is 0 Å². The van der Waals surface area contributed by atoms with Crippen LogP contribution in [0.15, 0.2) is 0 Å². The van der Waals surface area contributed by atoms with E-state index in [9.17, 15) is 24.0 Å². The second-order valence-corrected chi connectivity index (χ2v) is 6.94. The summed E-state index contributed by atoms with van der Waals surface area (Å²) in [5.41, 5.74) is 0. The quantitative estimate of drug-likeness (QED) is 0.247. The third-order valence-corrected chi connectivity index (χ3v) is 4.14. The van der Waals surface area contributed by atoms with Crippen molar-refractivity contribution in [3.63, 3.8) is 0 Å². The molecule has 2 N–H and O–H groups in total. The predicted molar refractivity (Wildman–Crippen MR) is 101 cm³/mol. The lowest BCUT2D eigenvalue weighted by atomic mass is 9.96. The third kappa shape index (κ3) is 9.75. The van der Waals surface area contributed by atoms with Crippen LogP contribution in [-0.2, 0) is 47.7 Å². The minimum absolute atomic E-state index is 0.0380. The predicted octanol–water partition coefficient (Wildman–Crippen LogP) is -0.0860. The van der Waals surface area contributed by atoms with E-state index in [0.717, 1.165) is 13.8 Å². The number of esters is 3. The molecule has 0 aromatic carbocycles. The largest absolute Gasteiger partial charge is 0.481 e. The molecule has 0 aliphatic carbocycles. The highest BCUT2D eigenvalue weighted by molar-refractivity contribution is 5.73. The number of hydrogen-bond donors (Lipinski definition) is 2. The smallest absolute Gasteiger partial charge is 0.303 e. The van der Waals surface area contributed by atoms with Gasteiger partial charge >= 0.3 is 23.9 Å². The molecule has 0 aromatic rings. The topological polar surface area (TPSA) is 164 Å². The SMILES string of the molecule is CC(=O)NC1C(OCCCCC(=O)O)O[C@H](COC(C)=O)C(OC(C)=O)C1OC(C)=O. The van der Waals surface area contributed by atoms with Gasteiger partial charge in [0.2, 0.25) is 5.91 Å². The molecule has 0 aromatic heterocycles. The van der Waals surface area contributed by atoms with Crippen LogP contribution in [0.1, 0.15) is 47.0 Å². The van der Waals surface area contributed by atoms with Crippen molar-refractivity contribution in [2.75, 3.05) is 13.2 Å². The first-order valence-electron chi connectivity index (χ1n) is 9.75. The Hall–Kier alpha value is -2.73. The molecule has 0 spiro atoms. The molecule has 0 saturated carbocycles. The average molecular weight is 447 g/mol. The van der Waals surface area contributed by atoms with Crippen molar-refractivity contribution < 1.29 is 52.8 Å². The molecule has 12 nitrogen and oxygen atoms in total. The molecule has 1 aliphatic rings. The fraction of sp³-hybridized carbons (Fsp3) is 0.737. The van der Waals surface area contributed by atoms with Crippen LogP contribution in [0.2, 0.25) is 0 Å². The molecule has 1 aliphatic heterocycles. The van der Waals surface area contributed by atoms with Crippen LogP contribution in [-0.4, -0.2) is 78.7 Å². The molecular weight excluding hydrogens is 418 g/mol. The summed E-state index contributed by atoms with van der Waals surface area (Å²) >= 11 is 0. The molecular formula is C19H29NO11. The molecule has 0 bridgehead atoms. The van der Waals surface area contributed by atoms with E-state index in [1.54, 1.807) is 0 Å². The van der Waals surface area contributed by atoms with Gasteiger partial charge in [0.1, 0.15) is 18.8 Å². The summed E-state index contributed by atoms with van der Waals surface area (Å²) in [6.45, 7) is 4.47. The van der Waals surface area contributed by atoms with Gasteiger partial charge in [-0.05, 0) is 12.8 Å². The van der Waals surface area contributed by atoms with Gasteiger partial charge < -0.3 is 34.1 Å². The summed E-state index contributed by atoms with van der Waals surface area (Å²) in [6.07, 6.45) is -3.87. The number of amides is 1. The first-order valence-corrected chi connectivity index (χ1v) is 9.75. The van der Waals surface area contributed by atoms with Gasteiger partial charge in [-0.25, -0.2) is 0 Å².